The molecule has 2 N–H and O–H groups in total. The molecule has 6 nitrogen and oxygen atoms in total. The van der Waals surface area contributed by atoms with E-state index < -0.39 is 0 Å². The Morgan fingerprint density at radius 1 is 1.10 bits per heavy atom. The number of pyridine rings is 2. The van der Waals surface area contributed by atoms with Crippen molar-refractivity contribution in [3.8, 4) is 23.1 Å². The van der Waals surface area contributed by atoms with Crippen LogP contribution in [0, 0.1) is 6.92 Å². The fourth-order valence-electron chi connectivity index (χ4n) is 1.77. The first-order valence-corrected chi connectivity index (χ1v) is 6.19. The molecule has 3 rings (SSSR count). The van der Waals surface area contributed by atoms with Crippen LogP contribution in [0.5, 0.6) is 0 Å². The number of hydrogen-bond acceptors (Lipinski definition) is 6. The lowest BCUT2D eigenvalue weighted by Crippen LogP contribution is -1.96. The van der Waals surface area contributed by atoms with Gasteiger partial charge in [0.25, 0.3) is 5.89 Å². The number of rotatable bonds is 3. The van der Waals surface area contributed by atoms with E-state index in [1.54, 1.807) is 6.20 Å². The first-order chi connectivity index (χ1) is 9.76. The van der Waals surface area contributed by atoms with Gasteiger partial charge in [-0.2, -0.15) is 4.98 Å². The molecule has 0 aliphatic rings. The Balaban J connectivity index is 1.93. The fraction of sp³-hybridized carbons (Fsp3) is 0.143. The van der Waals surface area contributed by atoms with Crippen LogP contribution < -0.4 is 5.73 Å². The van der Waals surface area contributed by atoms with E-state index in [1.165, 1.54) is 0 Å². The summed E-state index contributed by atoms with van der Waals surface area (Å²) in [5.41, 5.74) is 8.69. The third-order valence-electron chi connectivity index (χ3n) is 2.82. The van der Waals surface area contributed by atoms with Gasteiger partial charge in [-0.3, -0.25) is 4.98 Å². The topological polar surface area (TPSA) is 90.7 Å². The second-order valence-corrected chi connectivity index (χ2v) is 4.34. The van der Waals surface area contributed by atoms with Gasteiger partial charge in [-0.05, 0) is 30.7 Å². The van der Waals surface area contributed by atoms with Crippen LogP contribution in [-0.2, 0) is 6.54 Å². The highest BCUT2D eigenvalue weighted by Crippen LogP contribution is 2.19. The number of aromatic nitrogens is 4. The van der Waals surface area contributed by atoms with E-state index in [0.717, 1.165) is 11.3 Å². The predicted octanol–water partition coefficient (Wildman–Crippen LogP) is 1.96. The standard InChI is InChI=1S/C14H13N5O/c1-9-3-2-4-11(17-9)13-18-14(20-19-13)12-6-5-10(7-15)8-16-12/h2-6,8H,7,15H2,1H3. The van der Waals surface area contributed by atoms with E-state index in [0.29, 0.717) is 29.6 Å². The van der Waals surface area contributed by atoms with Crippen molar-refractivity contribution in [1.29, 1.82) is 0 Å². The second kappa shape index (κ2) is 5.18. The third kappa shape index (κ3) is 2.41. The molecule has 0 aromatic carbocycles. The van der Waals surface area contributed by atoms with Gasteiger partial charge in [0.15, 0.2) is 0 Å². The molecule has 3 aromatic rings. The van der Waals surface area contributed by atoms with E-state index in [-0.39, 0.29) is 0 Å². The van der Waals surface area contributed by atoms with Gasteiger partial charge in [0.05, 0.1) is 0 Å². The molecule has 0 aliphatic carbocycles. The summed E-state index contributed by atoms with van der Waals surface area (Å²) >= 11 is 0. The minimum atomic E-state index is 0.367. The molecule has 3 aromatic heterocycles. The van der Waals surface area contributed by atoms with E-state index in [4.69, 9.17) is 10.3 Å². The van der Waals surface area contributed by atoms with Gasteiger partial charge in [0.2, 0.25) is 5.82 Å². The van der Waals surface area contributed by atoms with Crippen LogP contribution in [0.25, 0.3) is 23.1 Å². The number of nitrogens with zero attached hydrogens (tertiary/aromatic N) is 4. The average Bonchev–Trinajstić information content (AvgIpc) is 2.97. The van der Waals surface area contributed by atoms with Crippen molar-refractivity contribution in [3.05, 3.63) is 47.8 Å². The van der Waals surface area contributed by atoms with Crippen molar-refractivity contribution >= 4 is 0 Å². The highest BCUT2D eigenvalue weighted by Gasteiger charge is 2.12. The first kappa shape index (κ1) is 12.4. The first-order valence-electron chi connectivity index (χ1n) is 6.19. The van der Waals surface area contributed by atoms with Crippen LogP contribution in [0.1, 0.15) is 11.3 Å². The van der Waals surface area contributed by atoms with Gasteiger partial charge in [-0.1, -0.05) is 17.3 Å². The summed E-state index contributed by atoms with van der Waals surface area (Å²) in [5.74, 6) is 0.820. The summed E-state index contributed by atoms with van der Waals surface area (Å²) < 4.78 is 5.22. The van der Waals surface area contributed by atoms with E-state index >= 15 is 0 Å². The van der Waals surface area contributed by atoms with Crippen molar-refractivity contribution in [1.82, 2.24) is 20.1 Å². The Morgan fingerprint density at radius 3 is 2.70 bits per heavy atom. The predicted molar refractivity (Wildman–Crippen MR) is 73.4 cm³/mol. The lowest BCUT2D eigenvalue weighted by Gasteiger charge is -1.96. The monoisotopic (exact) mass is 267 g/mol. The van der Waals surface area contributed by atoms with Crippen LogP contribution in [0.2, 0.25) is 0 Å². The molecule has 0 amide bonds. The summed E-state index contributed by atoms with van der Waals surface area (Å²) in [6, 6.07) is 9.35. The normalized spacial score (nSPS) is 10.7. The van der Waals surface area contributed by atoms with Gasteiger partial charge in [-0.25, -0.2) is 4.98 Å². The van der Waals surface area contributed by atoms with E-state index in [9.17, 15) is 0 Å². The van der Waals surface area contributed by atoms with Crippen molar-refractivity contribution in [2.75, 3.05) is 0 Å². The summed E-state index contributed by atoms with van der Waals surface area (Å²) in [5, 5.41) is 3.93. The second-order valence-electron chi connectivity index (χ2n) is 4.34. The Labute approximate surface area is 115 Å². The molecule has 0 spiro atoms. The molecular formula is C14H13N5O. The molecular weight excluding hydrogens is 254 g/mol. The zero-order valence-electron chi connectivity index (χ0n) is 10.9. The van der Waals surface area contributed by atoms with Crippen LogP contribution in [0.3, 0.4) is 0 Å². The van der Waals surface area contributed by atoms with Crippen molar-refractivity contribution in [2.45, 2.75) is 13.5 Å². The minimum Gasteiger partial charge on any atom is -0.332 e. The SMILES string of the molecule is Cc1cccc(-c2noc(-c3ccc(CN)cn3)n2)n1. The van der Waals surface area contributed by atoms with Crippen LogP contribution in [0.4, 0.5) is 0 Å². The molecule has 0 atom stereocenters. The molecule has 0 radical (unpaired) electrons. The number of aryl methyl sites for hydroxylation is 1. The molecule has 0 saturated heterocycles. The Morgan fingerprint density at radius 2 is 2.00 bits per heavy atom. The highest BCUT2D eigenvalue weighted by atomic mass is 16.5. The van der Waals surface area contributed by atoms with Gasteiger partial charge in [0.1, 0.15) is 11.4 Å². The molecule has 0 aliphatic heterocycles. The Hall–Kier alpha value is -2.60. The van der Waals surface area contributed by atoms with Crippen LogP contribution in [0.15, 0.2) is 41.1 Å². The maximum atomic E-state index is 5.53. The van der Waals surface area contributed by atoms with Gasteiger partial charge in [-0.15, -0.1) is 0 Å². The van der Waals surface area contributed by atoms with E-state index in [1.807, 2.05) is 37.3 Å². The maximum absolute atomic E-state index is 5.53. The maximum Gasteiger partial charge on any atom is 0.276 e. The van der Waals surface area contributed by atoms with Crippen molar-refractivity contribution in [3.63, 3.8) is 0 Å². The molecule has 0 bridgehead atoms. The van der Waals surface area contributed by atoms with Gasteiger partial charge >= 0.3 is 0 Å². The summed E-state index contributed by atoms with van der Waals surface area (Å²) in [7, 11) is 0. The largest absolute Gasteiger partial charge is 0.332 e. The Kier molecular flexibility index (Phi) is 3.22. The van der Waals surface area contributed by atoms with Gasteiger partial charge in [0, 0.05) is 18.4 Å². The van der Waals surface area contributed by atoms with Crippen LogP contribution in [-0.4, -0.2) is 20.1 Å². The molecule has 0 fully saturated rings. The Bertz CT molecular complexity index is 720. The van der Waals surface area contributed by atoms with Crippen molar-refractivity contribution in [2.24, 2.45) is 5.73 Å². The average molecular weight is 267 g/mol. The summed E-state index contributed by atoms with van der Waals surface area (Å²) in [6.07, 6.45) is 1.70. The summed E-state index contributed by atoms with van der Waals surface area (Å²) in [4.78, 5) is 12.9. The molecule has 100 valence electrons. The number of hydrogen-bond donors (Lipinski definition) is 1. The van der Waals surface area contributed by atoms with Gasteiger partial charge < -0.3 is 10.3 Å². The zero-order chi connectivity index (χ0) is 13.9. The lowest BCUT2D eigenvalue weighted by atomic mass is 10.2. The fourth-order valence-corrected chi connectivity index (χ4v) is 1.77. The highest BCUT2D eigenvalue weighted by molar-refractivity contribution is 5.54. The van der Waals surface area contributed by atoms with Crippen molar-refractivity contribution < 1.29 is 4.52 Å². The molecule has 0 unspecified atom stereocenters. The molecule has 6 heteroatoms. The molecule has 3 heterocycles. The third-order valence-corrected chi connectivity index (χ3v) is 2.82. The van der Waals surface area contributed by atoms with Crippen LogP contribution >= 0.6 is 0 Å². The lowest BCUT2D eigenvalue weighted by molar-refractivity contribution is 0.430. The minimum absolute atomic E-state index is 0.367. The zero-order valence-corrected chi connectivity index (χ0v) is 10.9. The summed E-state index contributed by atoms with van der Waals surface area (Å²) in [6.45, 7) is 2.37. The van der Waals surface area contributed by atoms with E-state index in [2.05, 4.69) is 20.1 Å². The molecule has 0 saturated carbocycles. The number of nitrogens with two attached hydrogens (primary N) is 1. The smallest absolute Gasteiger partial charge is 0.276 e. The quantitative estimate of drug-likeness (QED) is 0.780. The molecule has 20 heavy (non-hydrogen) atoms.